The van der Waals surface area contributed by atoms with Gasteiger partial charge in [0.2, 0.25) is 0 Å². The first kappa shape index (κ1) is 14.0. The van der Waals surface area contributed by atoms with Crippen LogP contribution >= 0.6 is 11.6 Å². The molecule has 0 spiro atoms. The molecule has 0 unspecified atom stereocenters. The Morgan fingerprint density at radius 2 is 1.81 bits per heavy atom. The summed E-state index contributed by atoms with van der Waals surface area (Å²) >= 11 is 6.18. The summed E-state index contributed by atoms with van der Waals surface area (Å²) in [5.74, 6) is -0.216. The predicted molar refractivity (Wildman–Crippen MR) is 83.7 cm³/mol. The number of benzene rings is 2. The molecule has 21 heavy (non-hydrogen) atoms. The van der Waals surface area contributed by atoms with Gasteiger partial charge in [-0.1, -0.05) is 29.8 Å². The van der Waals surface area contributed by atoms with Gasteiger partial charge in [0.15, 0.2) is 0 Å². The molecule has 0 bridgehead atoms. The lowest BCUT2D eigenvalue weighted by atomic mass is 10.1. The highest BCUT2D eigenvalue weighted by Gasteiger charge is 2.05. The van der Waals surface area contributed by atoms with Gasteiger partial charge in [-0.3, -0.25) is 4.98 Å². The number of halogens is 2. The van der Waals surface area contributed by atoms with Crippen LogP contribution in [0.15, 0.2) is 54.7 Å². The molecular formula is C17H14ClFN2. The molecule has 2 aromatic carbocycles. The standard InChI is InChI=1S/C17H14ClFN2/c18-16-8-5-13(17-15(16)2-1-9-21-17)11-20-10-12-3-6-14(19)7-4-12/h1-9,20H,10-11H2. The topological polar surface area (TPSA) is 24.9 Å². The van der Waals surface area contributed by atoms with E-state index in [1.165, 1.54) is 12.1 Å². The molecule has 3 aromatic rings. The summed E-state index contributed by atoms with van der Waals surface area (Å²) in [5, 5.41) is 5.01. The molecule has 0 saturated carbocycles. The Balaban J connectivity index is 1.74. The molecular weight excluding hydrogens is 287 g/mol. The van der Waals surface area contributed by atoms with Crippen LogP contribution < -0.4 is 5.32 Å². The smallest absolute Gasteiger partial charge is 0.123 e. The van der Waals surface area contributed by atoms with Gasteiger partial charge < -0.3 is 5.32 Å². The van der Waals surface area contributed by atoms with Gasteiger partial charge in [-0.15, -0.1) is 0 Å². The average molecular weight is 301 g/mol. The molecule has 1 N–H and O–H groups in total. The fourth-order valence-corrected chi connectivity index (χ4v) is 2.50. The molecule has 2 nitrogen and oxygen atoms in total. The summed E-state index contributed by atoms with van der Waals surface area (Å²) in [6, 6.07) is 14.2. The number of aromatic nitrogens is 1. The van der Waals surface area contributed by atoms with Crippen molar-refractivity contribution in [2.45, 2.75) is 13.1 Å². The summed E-state index contributed by atoms with van der Waals surface area (Å²) in [5.41, 5.74) is 3.05. The minimum Gasteiger partial charge on any atom is -0.309 e. The largest absolute Gasteiger partial charge is 0.309 e. The molecule has 3 rings (SSSR count). The van der Waals surface area contributed by atoms with Gasteiger partial charge in [-0.2, -0.15) is 0 Å². The lowest BCUT2D eigenvalue weighted by Crippen LogP contribution is -2.13. The number of nitrogens with zero attached hydrogens (tertiary/aromatic N) is 1. The van der Waals surface area contributed by atoms with Crippen LogP contribution in [0, 0.1) is 5.82 Å². The van der Waals surface area contributed by atoms with Crippen LogP contribution in [0.1, 0.15) is 11.1 Å². The number of nitrogens with one attached hydrogen (secondary N) is 1. The third-order valence-corrected chi connectivity index (χ3v) is 3.69. The fourth-order valence-electron chi connectivity index (χ4n) is 2.28. The highest BCUT2D eigenvalue weighted by atomic mass is 35.5. The normalized spacial score (nSPS) is 11.0. The van der Waals surface area contributed by atoms with E-state index >= 15 is 0 Å². The Kier molecular flexibility index (Phi) is 4.13. The van der Waals surface area contributed by atoms with Crippen molar-refractivity contribution in [3.05, 3.63) is 76.7 Å². The molecule has 1 heterocycles. The van der Waals surface area contributed by atoms with Crippen molar-refractivity contribution in [3.8, 4) is 0 Å². The maximum atomic E-state index is 12.8. The van der Waals surface area contributed by atoms with E-state index in [4.69, 9.17) is 11.6 Å². The van der Waals surface area contributed by atoms with Crippen LogP contribution in [0.5, 0.6) is 0 Å². The van der Waals surface area contributed by atoms with Gasteiger partial charge in [0.1, 0.15) is 5.82 Å². The van der Waals surface area contributed by atoms with Crippen molar-refractivity contribution in [1.82, 2.24) is 10.3 Å². The van der Waals surface area contributed by atoms with E-state index in [1.807, 2.05) is 24.3 Å². The first-order valence-electron chi connectivity index (χ1n) is 6.71. The zero-order valence-electron chi connectivity index (χ0n) is 11.3. The van der Waals surface area contributed by atoms with Crippen LogP contribution in [0.3, 0.4) is 0 Å². The van der Waals surface area contributed by atoms with Crippen molar-refractivity contribution in [3.63, 3.8) is 0 Å². The van der Waals surface area contributed by atoms with Gasteiger partial charge in [0.05, 0.1) is 5.52 Å². The predicted octanol–water partition coefficient (Wildman–Crippen LogP) is 4.32. The van der Waals surface area contributed by atoms with Crippen LogP contribution in [0.2, 0.25) is 5.02 Å². The van der Waals surface area contributed by atoms with Crippen molar-refractivity contribution in [1.29, 1.82) is 0 Å². The van der Waals surface area contributed by atoms with Gasteiger partial charge in [-0.25, -0.2) is 4.39 Å². The molecule has 0 radical (unpaired) electrons. The zero-order chi connectivity index (χ0) is 14.7. The monoisotopic (exact) mass is 300 g/mol. The van der Waals surface area contributed by atoms with Crippen LogP contribution in [0.25, 0.3) is 10.9 Å². The number of rotatable bonds is 4. The Morgan fingerprint density at radius 3 is 2.62 bits per heavy atom. The van der Waals surface area contributed by atoms with Crippen LogP contribution in [0.4, 0.5) is 4.39 Å². The summed E-state index contributed by atoms with van der Waals surface area (Å²) in [6.07, 6.45) is 1.77. The Morgan fingerprint density at radius 1 is 1.00 bits per heavy atom. The highest BCUT2D eigenvalue weighted by Crippen LogP contribution is 2.24. The summed E-state index contributed by atoms with van der Waals surface area (Å²) in [4.78, 5) is 4.41. The second kappa shape index (κ2) is 6.20. The Labute approximate surface area is 127 Å². The zero-order valence-corrected chi connectivity index (χ0v) is 12.1. The molecule has 0 fully saturated rings. The van der Waals surface area contributed by atoms with E-state index in [1.54, 1.807) is 18.3 Å². The van der Waals surface area contributed by atoms with Crippen LogP contribution in [-0.2, 0) is 13.1 Å². The van der Waals surface area contributed by atoms with Crippen molar-refractivity contribution < 1.29 is 4.39 Å². The second-order valence-electron chi connectivity index (χ2n) is 4.84. The average Bonchev–Trinajstić information content (AvgIpc) is 2.52. The van der Waals surface area contributed by atoms with E-state index in [9.17, 15) is 4.39 Å². The number of pyridine rings is 1. The van der Waals surface area contributed by atoms with Gasteiger partial charge >= 0.3 is 0 Å². The Bertz CT molecular complexity index is 756. The minimum absolute atomic E-state index is 0.216. The molecule has 106 valence electrons. The molecule has 1 aromatic heterocycles. The van der Waals surface area contributed by atoms with Gasteiger partial charge in [0, 0.05) is 29.7 Å². The van der Waals surface area contributed by atoms with E-state index in [2.05, 4.69) is 10.3 Å². The Hall–Kier alpha value is -1.97. The van der Waals surface area contributed by atoms with Crippen molar-refractivity contribution in [2.24, 2.45) is 0 Å². The lowest BCUT2D eigenvalue weighted by Gasteiger charge is -2.09. The van der Waals surface area contributed by atoms with Crippen molar-refractivity contribution in [2.75, 3.05) is 0 Å². The molecule has 0 aliphatic carbocycles. The summed E-state index contributed by atoms with van der Waals surface area (Å²) in [7, 11) is 0. The molecule has 0 aliphatic rings. The first-order chi connectivity index (χ1) is 10.2. The summed E-state index contributed by atoms with van der Waals surface area (Å²) in [6.45, 7) is 1.36. The molecule has 4 heteroatoms. The second-order valence-corrected chi connectivity index (χ2v) is 5.24. The molecule has 0 aliphatic heterocycles. The molecule has 0 amide bonds. The van der Waals surface area contributed by atoms with Gasteiger partial charge in [-0.05, 0) is 41.5 Å². The number of hydrogen-bond acceptors (Lipinski definition) is 2. The first-order valence-corrected chi connectivity index (χ1v) is 7.09. The minimum atomic E-state index is -0.216. The number of hydrogen-bond donors (Lipinski definition) is 1. The van der Waals surface area contributed by atoms with E-state index in [0.717, 1.165) is 22.0 Å². The van der Waals surface area contributed by atoms with E-state index in [0.29, 0.717) is 18.1 Å². The maximum Gasteiger partial charge on any atom is 0.123 e. The van der Waals surface area contributed by atoms with Gasteiger partial charge in [0.25, 0.3) is 0 Å². The van der Waals surface area contributed by atoms with Crippen molar-refractivity contribution >= 4 is 22.5 Å². The lowest BCUT2D eigenvalue weighted by molar-refractivity contribution is 0.625. The third-order valence-electron chi connectivity index (χ3n) is 3.36. The maximum absolute atomic E-state index is 12.8. The molecule has 0 atom stereocenters. The third kappa shape index (κ3) is 3.20. The fraction of sp³-hybridized carbons (Fsp3) is 0.118. The quantitative estimate of drug-likeness (QED) is 0.776. The van der Waals surface area contributed by atoms with E-state index < -0.39 is 0 Å². The SMILES string of the molecule is Fc1ccc(CNCc2ccc(Cl)c3cccnc23)cc1. The number of fused-ring (bicyclic) bond motifs is 1. The highest BCUT2D eigenvalue weighted by molar-refractivity contribution is 6.35. The summed E-state index contributed by atoms with van der Waals surface area (Å²) < 4.78 is 12.8. The van der Waals surface area contributed by atoms with Crippen LogP contribution in [-0.4, -0.2) is 4.98 Å². The molecule has 0 saturated heterocycles. The van der Waals surface area contributed by atoms with E-state index in [-0.39, 0.29) is 5.82 Å².